The molecule has 0 fully saturated rings. The maximum atomic E-state index is 6.15. The van der Waals surface area contributed by atoms with Crippen LogP contribution in [0.5, 0.6) is 17.2 Å². The van der Waals surface area contributed by atoms with Gasteiger partial charge in [-0.1, -0.05) is 62.4 Å². The monoisotopic (exact) mass is 475 g/mol. The van der Waals surface area contributed by atoms with Crippen molar-refractivity contribution in [3.05, 3.63) is 88.5 Å². The first-order valence-corrected chi connectivity index (χ1v) is 12.4. The van der Waals surface area contributed by atoms with Crippen molar-refractivity contribution >= 4 is 0 Å². The quantitative estimate of drug-likeness (QED) is 0.464. The predicted molar refractivity (Wildman–Crippen MR) is 140 cm³/mol. The average molecular weight is 476 g/mol. The van der Waals surface area contributed by atoms with Crippen LogP contribution in [0.1, 0.15) is 47.6 Å². The molecule has 0 saturated heterocycles. The molecule has 0 atom stereocenters. The average Bonchev–Trinajstić information content (AvgIpc) is 2.86. The second-order valence-corrected chi connectivity index (χ2v) is 9.34. The summed E-state index contributed by atoms with van der Waals surface area (Å²) in [7, 11) is 3.37. The lowest BCUT2D eigenvalue weighted by Crippen LogP contribution is -2.28. The highest BCUT2D eigenvalue weighted by Gasteiger charge is 2.16. The van der Waals surface area contributed by atoms with E-state index in [4.69, 9.17) is 18.9 Å². The molecule has 0 spiro atoms. The molecule has 3 aromatic rings. The van der Waals surface area contributed by atoms with Crippen molar-refractivity contribution in [2.24, 2.45) is 0 Å². The number of ether oxygens (including phenoxy) is 4. The smallest absolute Gasteiger partial charge is 0.165 e. The molecular weight excluding hydrogens is 438 g/mol. The molecule has 3 aromatic carbocycles. The van der Waals surface area contributed by atoms with E-state index < -0.39 is 0 Å². The summed E-state index contributed by atoms with van der Waals surface area (Å²) in [6, 6.07) is 21.5. The summed E-state index contributed by atoms with van der Waals surface area (Å²) < 4.78 is 23.3. The molecule has 0 saturated carbocycles. The Morgan fingerprint density at radius 2 is 1.71 bits per heavy atom. The van der Waals surface area contributed by atoms with Gasteiger partial charge in [0.2, 0.25) is 0 Å². The van der Waals surface area contributed by atoms with Gasteiger partial charge in [-0.25, -0.2) is 0 Å². The highest BCUT2D eigenvalue weighted by Crippen LogP contribution is 2.32. The van der Waals surface area contributed by atoms with Crippen LogP contribution in [0.3, 0.4) is 0 Å². The second-order valence-electron chi connectivity index (χ2n) is 9.34. The molecule has 0 aliphatic carbocycles. The highest BCUT2D eigenvalue weighted by atomic mass is 16.5. The van der Waals surface area contributed by atoms with Gasteiger partial charge in [0.05, 0.1) is 27.4 Å². The van der Waals surface area contributed by atoms with Crippen LogP contribution >= 0.6 is 0 Å². The molecule has 0 radical (unpaired) electrons. The Balaban J connectivity index is 1.61. The molecule has 0 N–H and O–H groups in total. The second kappa shape index (κ2) is 12.1. The molecule has 0 amide bonds. The van der Waals surface area contributed by atoms with E-state index in [1.807, 2.05) is 12.1 Å². The first-order valence-electron chi connectivity index (χ1n) is 12.4. The number of hydrogen-bond acceptors (Lipinski definition) is 5. The van der Waals surface area contributed by atoms with Gasteiger partial charge in [-0.15, -0.1) is 0 Å². The van der Waals surface area contributed by atoms with Crippen LogP contribution in [0.2, 0.25) is 0 Å². The van der Waals surface area contributed by atoms with Crippen LogP contribution in [0.4, 0.5) is 0 Å². The van der Waals surface area contributed by atoms with Gasteiger partial charge >= 0.3 is 0 Å². The van der Waals surface area contributed by atoms with Gasteiger partial charge in [0, 0.05) is 31.6 Å². The zero-order valence-electron chi connectivity index (χ0n) is 21.4. The summed E-state index contributed by atoms with van der Waals surface area (Å²) in [5.41, 5.74) is 6.23. The maximum Gasteiger partial charge on any atom is 0.165 e. The lowest BCUT2D eigenvalue weighted by molar-refractivity contribution is 0.0755. The fraction of sp³-hybridized carbons (Fsp3) is 0.400. The van der Waals surface area contributed by atoms with E-state index in [0.29, 0.717) is 25.7 Å². The summed E-state index contributed by atoms with van der Waals surface area (Å²) in [5, 5.41) is 0. The lowest BCUT2D eigenvalue weighted by atomic mass is 9.96. The fourth-order valence-electron chi connectivity index (χ4n) is 4.59. The van der Waals surface area contributed by atoms with E-state index in [1.165, 1.54) is 22.3 Å². The molecule has 5 heteroatoms. The van der Waals surface area contributed by atoms with Gasteiger partial charge in [0.25, 0.3) is 0 Å². The van der Waals surface area contributed by atoms with Gasteiger partial charge in [0.15, 0.2) is 11.5 Å². The molecule has 35 heavy (non-hydrogen) atoms. The third kappa shape index (κ3) is 6.56. The fourth-order valence-corrected chi connectivity index (χ4v) is 4.59. The van der Waals surface area contributed by atoms with E-state index >= 15 is 0 Å². The van der Waals surface area contributed by atoms with E-state index in [0.717, 1.165) is 48.9 Å². The Hall–Kier alpha value is -3.02. The Kier molecular flexibility index (Phi) is 8.67. The van der Waals surface area contributed by atoms with Gasteiger partial charge in [-0.2, -0.15) is 0 Å². The predicted octanol–water partition coefficient (Wildman–Crippen LogP) is 5.83. The van der Waals surface area contributed by atoms with Crippen molar-refractivity contribution in [2.45, 2.75) is 39.3 Å². The molecule has 0 unspecified atom stereocenters. The Bertz CT molecular complexity index is 1110. The summed E-state index contributed by atoms with van der Waals surface area (Å²) in [6.45, 7) is 8.56. The molecular formula is C30H37NO4. The Morgan fingerprint density at radius 1 is 0.886 bits per heavy atom. The van der Waals surface area contributed by atoms with Crippen LogP contribution in [-0.2, 0) is 24.2 Å². The van der Waals surface area contributed by atoms with E-state index in [1.54, 1.807) is 14.2 Å². The minimum absolute atomic E-state index is 0.477. The maximum absolute atomic E-state index is 6.15. The van der Waals surface area contributed by atoms with Crippen molar-refractivity contribution in [3.8, 4) is 17.2 Å². The number of para-hydroxylation sites is 1. The molecule has 186 valence electrons. The summed E-state index contributed by atoms with van der Waals surface area (Å²) in [4.78, 5) is 2.40. The molecule has 1 heterocycles. The minimum atomic E-state index is 0.477. The Labute approximate surface area is 209 Å². The zero-order chi connectivity index (χ0) is 24.6. The summed E-state index contributed by atoms with van der Waals surface area (Å²) in [6.07, 6.45) is 0.842. The van der Waals surface area contributed by atoms with Crippen molar-refractivity contribution in [3.63, 3.8) is 0 Å². The van der Waals surface area contributed by atoms with E-state index in [9.17, 15) is 0 Å². The lowest BCUT2D eigenvalue weighted by Gasteiger charge is -2.25. The van der Waals surface area contributed by atoms with Crippen LogP contribution < -0.4 is 14.2 Å². The molecule has 1 aliphatic rings. The SMILES string of the molecule is COc1cccc(CN2CCOCCOc3ccc(C(C)C)cc3Cc3cccc(c3)C2)c1OC. The number of rotatable bonds is 5. The first kappa shape index (κ1) is 25.1. The standard InChI is InChI=1S/C30H37NO4/c1-22(2)25-11-12-28-27(19-25)18-23-7-5-8-24(17-23)20-31(13-14-34-15-16-35-28)21-26-9-6-10-29(32-3)30(26)33-4/h5-12,17,19,22H,13-16,18,20-21H2,1-4H3. The first-order chi connectivity index (χ1) is 17.1. The normalized spacial score (nSPS) is 15.1. The third-order valence-electron chi connectivity index (χ3n) is 6.46. The van der Waals surface area contributed by atoms with E-state index in [-0.39, 0.29) is 0 Å². The number of methoxy groups -OCH3 is 2. The number of fused-ring (bicyclic) bond motifs is 3. The highest BCUT2D eigenvalue weighted by molar-refractivity contribution is 5.46. The summed E-state index contributed by atoms with van der Waals surface area (Å²) in [5.74, 6) is 2.97. The number of benzene rings is 3. The largest absolute Gasteiger partial charge is 0.493 e. The van der Waals surface area contributed by atoms with Crippen LogP contribution in [0.15, 0.2) is 60.7 Å². The van der Waals surface area contributed by atoms with Crippen molar-refractivity contribution in [1.82, 2.24) is 4.90 Å². The Morgan fingerprint density at radius 3 is 2.51 bits per heavy atom. The topological polar surface area (TPSA) is 40.2 Å². The van der Waals surface area contributed by atoms with Crippen LogP contribution in [-0.4, -0.2) is 45.5 Å². The van der Waals surface area contributed by atoms with Crippen molar-refractivity contribution < 1.29 is 18.9 Å². The molecule has 2 bridgehead atoms. The summed E-state index contributed by atoms with van der Waals surface area (Å²) >= 11 is 0. The third-order valence-corrected chi connectivity index (χ3v) is 6.46. The van der Waals surface area contributed by atoms with E-state index in [2.05, 4.69) is 67.3 Å². The van der Waals surface area contributed by atoms with Crippen LogP contribution in [0, 0.1) is 0 Å². The van der Waals surface area contributed by atoms with Crippen LogP contribution in [0.25, 0.3) is 0 Å². The van der Waals surface area contributed by atoms with Gasteiger partial charge < -0.3 is 18.9 Å². The van der Waals surface area contributed by atoms with Crippen molar-refractivity contribution in [1.29, 1.82) is 0 Å². The van der Waals surface area contributed by atoms with Crippen molar-refractivity contribution in [2.75, 3.05) is 40.6 Å². The molecule has 0 aromatic heterocycles. The van der Waals surface area contributed by atoms with Gasteiger partial charge in [-0.3, -0.25) is 4.90 Å². The van der Waals surface area contributed by atoms with Gasteiger partial charge in [-0.05, 0) is 40.3 Å². The number of nitrogens with zero attached hydrogens (tertiary/aromatic N) is 1. The molecule has 1 aliphatic heterocycles. The number of hydrogen-bond donors (Lipinski definition) is 0. The molecule has 5 nitrogen and oxygen atoms in total. The zero-order valence-corrected chi connectivity index (χ0v) is 21.4. The van der Waals surface area contributed by atoms with Gasteiger partial charge in [0.1, 0.15) is 12.4 Å². The minimum Gasteiger partial charge on any atom is -0.493 e. The molecule has 4 rings (SSSR count).